The van der Waals surface area contributed by atoms with Gasteiger partial charge in [-0.25, -0.2) is 0 Å². The summed E-state index contributed by atoms with van der Waals surface area (Å²) in [5, 5.41) is 4.68. The zero-order chi connectivity index (χ0) is 14.0. The van der Waals surface area contributed by atoms with Crippen LogP contribution in [0.15, 0.2) is 4.47 Å². The van der Waals surface area contributed by atoms with E-state index in [4.69, 9.17) is 5.73 Å². The van der Waals surface area contributed by atoms with Gasteiger partial charge in [0.15, 0.2) is 0 Å². The molecule has 0 aromatic carbocycles. The number of hydrogen-bond donors (Lipinski definition) is 1. The van der Waals surface area contributed by atoms with Crippen molar-refractivity contribution in [3.8, 4) is 0 Å². The average molecular weight is 328 g/mol. The summed E-state index contributed by atoms with van der Waals surface area (Å²) in [7, 11) is 0. The predicted octanol–water partition coefficient (Wildman–Crippen LogP) is 3.68. The lowest BCUT2D eigenvalue weighted by molar-refractivity contribution is 0.231. The van der Waals surface area contributed by atoms with Crippen molar-refractivity contribution < 1.29 is 0 Å². The van der Waals surface area contributed by atoms with Crippen molar-refractivity contribution in [3.05, 3.63) is 15.9 Å². The van der Waals surface area contributed by atoms with Crippen LogP contribution in [0, 0.1) is 5.92 Å². The lowest BCUT2D eigenvalue weighted by Crippen LogP contribution is -2.46. The number of nitrogens with zero attached hydrogens (tertiary/aromatic N) is 2. The number of halogens is 1. The van der Waals surface area contributed by atoms with Crippen molar-refractivity contribution in [1.29, 1.82) is 0 Å². The van der Waals surface area contributed by atoms with Gasteiger partial charge in [-0.05, 0) is 48.0 Å². The second-order valence-electron chi connectivity index (χ2n) is 6.12. The Labute approximate surface area is 125 Å². The minimum absolute atomic E-state index is 0.0435. The molecule has 1 saturated carbocycles. The summed E-state index contributed by atoms with van der Waals surface area (Å²) in [4.78, 5) is 0. The van der Waals surface area contributed by atoms with Gasteiger partial charge in [-0.1, -0.05) is 26.7 Å². The number of aryl methyl sites for hydroxylation is 2. The molecule has 0 amide bonds. The van der Waals surface area contributed by atoms with Crippen LogP contribution in [-0.2, 0) is 19.4 Å². The van der Waals surface area contributed by atoms with Crippen LogP contribution < -0.4 is 5.73 Å². The second-order valence-corrected chi connectivity index (χ2v) is 6.91. The van der Waals surface area contributed by atoms with Gasteiger partial charge >= 0.3 is 0 Å². The predicted molar refractivity (Wildman–Crippen MR) is 83.2 cm³/mol. The number of nitrogens with two attached hydrogens (primary N) is 1. The summed E-state index contributed by atoms with van der Waals surface area (Å²) in [5.41, 5.74) is 9.06. The molecule has 108 valence electrons. The lowest BCUT2D eigenvalue weighted by Gasteiger charge is -2.37. The summed E-state index contributed by atoms with van der Waals surface area (Å²) in [6, 6.07) is 0. The highest BCUT2D eigenvalue weighted by Gasteiger charge is 2.33. The molecular formula is C15H26BrN3. The maximum absolute atomic E-state index is 6.66. The van der Waals surface area contributed by atoms with E-state index in [1.54, 1.807) is 0 Å². The molecule has 4 heteroatoms. The molecule has 19 heavy (non-hydrogen) atoms. The maximum atomic E-state index is 6.66. The van der Waals surface area contributed by atoms with E-state index in [9.17, 15) is 0 Å². The largest absolute Gasteiger partial charge is 0.325 e. The Morgan fingerprint density at radius 2 is 2.21 bits per heavy atom. The maximum Gasteiger partial charge on any atom is 0.0766 e. The monoisotopic (exact) mass is 327 g/mol. The minimum Gasteiger partial charge on any atom is -0.325 e. The Bertz CT molecular complexity index is 441. The summed E-state index contributed by atoms with van der Waals surface area (Å²) in [6.07, 6.45) is 6.77. The van der Waals surface area contributed by atoms with Gasteiger partial charge in [0, 0.05) is 18.5 Å². The second kappa shape index (κ2) is 5.96. The first-order valence-corrected chi connectivity index (χ1v) is 8.31. The molecule has 0 spiro atoms. The van der Waals surface area contributed by atoms with Gasteiger partial charge in [0.05, 0.1) is 15.9 Å². The van der Waals surface area contributed by atoms with Crippen LogP contribution in [0.4, 0.5) is 0 Å². The first kappa shape index (κ1) is 15.0. The minimum atomic E-state index is -0.0435. The molecule has 1 aliphatic carbocycles. The third-order valence-corrected chi connectivity index (χ3v) is 5.26. The molecule has 0 radical (unpaired) electrons. The zero-order valence-electron chi connectivity index (χ0n) is 12.4. The number of hydrogen-bond acceptors (Lipinski definition) is 2. The number of aromatic nitrogens is 2. The molecule has 1 aromatic rings. The highest BCUT2D eigenvalue weighted by Crippen LogP contribution is 2.35. The third kappa shape index (κ3) is 3.22. The van der Waals surface area contributed by atoms with Crippen LogP contribution >= 0.6 is 15.9 Å². The van der Waals surface area contributed by atoms with Crippen molar-refractivity contribution in [3.63, 3.8) is 0 Å². The molecule has 3 nitrogen and oxygen atoms in total. The molecule has 2 unspecified atom stereocenters. The standard InChI is InChI=1S/C15H26BrN3/c1-4-12-14(16)13(19(5-2)18-12)10-15(17)8-6-7-11(3)9-15/h11H,4-10,17H2,1-3H3. The Morgan fingerprint density at radius 3 is 2.79 bits per heavy atom. The van der Waals surface area contributed by atoms with Gasteiger partial charge < -0.3 is 5.73 Å². The quantitative estimate of drug-likeness (QED) is 0.916. The molecule has 0 saturated heterocycles. The topological polar surface area (TPSA) is 43.8 Å². The van der Waals surface area contributed by atoms with Crippen LogP contribution in [0.5, 0.6) is 0 Å². The van der Waals surface area contributed by atoms with Crippen LogP contribution in [0.25, 0.3) is 0 Å². The summed E-state index contributed by atoms with van der Waals surface area (Å²) in [6.45, 7) is 7.54. The van der Waals surface area contributed by atoms with Gasteiger partial charge in [-0.2, -0.15) is 5.10 Å². The van der Waals surface area contributed by atoms with Gasteiger partial charge in [0.25, 0.3) is 0 Å². The first-order valence-electron chi connectivity index (χ1n) is 7.52. The molecule has 2 N–H and O–H groups in total. The molecule has 2 atom stereocenters. The van der Waals surface area contributed by atoms with Gasteiger partial charge in [-0.3, -0.25) is 4.68 Å². The zero-order valence-corrected chi connectivity index (χ0v) is 14.0. The van der Waals surface area contributed by atoms with E-state index in [1.807, 2.05) is 0 Å². The van der Waals surface area contributed by atoms with Crippen LogP contribution in [0.1, 0.15) is 57.8 Å². The van der Waals surface area contributed by atoms with Gasteiger partial charge in [0.1, 0.15) is 0 Å². The van der Waals surface area contributed by atoms with E-state index < -0.39 is 0 Å². The van der Waals surface area contributed by atoms with E-state index in [2.05, 4.69) is 46.5 Å². The fourth-order valence-corrected chi connectivity index (χ4v) is 4.09. The average Bonchev–Trinajstić information content (AvgIpc) is 2.65. The first-order chi connectivity index (χ1) is 8.99. The van der Waals surface area contributed by atoms with Crippen LogP contribution in [-0.4, -0.2) is 15.3 Å². The van der Waals surface area contributed by atoms with Crippen LogP contribution in [0.2, 0.25) is 0 Å². The number of rotatable bonds is 4. The van der Waals surface area contributed by atoms with Crippen molar-refractivity contribution in [2.75, 3.05) is 0 Å². The Kier molecular flexibility index (Phi) is 4.72. The molecule has 1 aliphatic rings. The summed E-state index contributed by atoms with van der Waals surface area (Å²) in [5.74, 6) is 0.751. The molecule has 0 aliphatic heterocycles. The lowest BCUT2D eigenvalue weighted by atomic mass is 9.74. The highest BCUT2D eigenvalue weighted by atomic mass is 79.9. The summed E-state index contributed by atoms with van der Waals surface area (Å²) >= 11 is 3.73. The van der Waals surface area contributed by atoms with Gasteiger partial charge in [0.2, 0.25) is 0 Å². The Morgan fingerprint density at radius 1 is 1.47 bits per heavy atom. The summed E-state index contributed by atoms with van der Waals surface area (Å²) < 4.78 is 3.30. The third-order valence-electron chi connectivity index (χ3n) is 4.34. The molecule has 1 heterocycles. The van der Waals surface area contributed by atoms with E-state index in [-0.39, 0.29) is 5.54 Å². The van der Waals surface area contributed by atoms with E-state index in [0.717, 1.165) is 43.8 Å². The van der Waals surface area contributed by atoms with E-state index in [0.29, 0.717) is 0 Å². The molecule has 1 fully saturated rings. The Hall–Kier alpha value is -0.350. The fraction of sp³-hybridized carbons (Fsp3) is 0.800. The van der Waals surface area contributed by atoms with Crippen molar-refractivity contribution >= 4 is 15.9 Å². The molecule has 1 aromatic heterocycles. The van der Waals surface area contributed by atoms with Crippen LogP contribution in [0.3, 0.4) is 0 Å². The van der Waals surface area contributed by atoms with Crippen molar-refractivity contribution in [2.45, 2.75) is 71.4 Å². The smallest absolute Gasteiger partial charge is 0.0766 e. The highest BCUT2D eigenvalue weighted by molar-refractivity contribution is 9.10. The Balaban J connectivity index is 2.24. The normalized spacial score (nSPS) is 27.7. The van der Waals surface area contributed by atoms with Crippen molar-refractivity contribution in [1.82, 2.24) is 9.78 Å². The van der Waals surface area contributed by atoms with E-state index in [1.165, 1.54) is 23.0 Å². The van der Waals surface area contributed by atoms with Crippen molar-refractivity contribution in [2.24, 2.45) is 11.7 Å². The fourth-order valence-electron chi connectivity index (χ4n) is 3.38. The van der Waals surface area contributed by atoms with Gasteiger partial charge in [-0.15, -0.1) is 0 Å². The molecular weight excluding hydrogens is 302 g/mol. The van der Waals surface area contributed by atoms with E-state index >= 15 is 0 Å². The molecule has 0 bridgehead atoms. The SMILES string of the molecule is CCc1nn(CC)c(CC2(N)CCCC(C)C2)c1Br. The molecule has 2 rings (SSSR count).